The van der Waals surface area contributed by atoms with E-state index in [4.69, 9.17) is 25.3 Å². The highest BCUT2D eigenvalue weighted by Gasteiger charge is 2.20. The summed E-state index contributed by atoms with van der Waals surface area (Å²) in [5, 5.41) is 0. The predicted molar refractivity (Wildman–Crippen MR) is 215 cm³/mol. The molecule has 0 aliphatic heterocycles. The van der Waals surface area contributed by atoms with Crippen molar-refractivity contribution in [1.82, 2.24) is 19.9 Å². The van der Waals surface area contributed by atoms with Crippen molar-refractivity contribution in [2.75, 3.05) is 10.5 Å². The second kappa shape index (κ2) is 16.1. The first-order chi connectivity index (χ1) is 26.2. The molecular formula is C40H35ClN6O6S2. The third-order valence-electron chi connectivity index (χ3n) is 7.91. The molecule has 15 heteroatoms. The third kappa shape index (κ3) is 9.54. The molecular weight excluding hydrogens is 760 g/mol. The zero-order valence-electron chi connectivity index (χ0n) is 30.1. The number of oxazole rings is 2. The fraction of sp³-hybridized carbons (Fsp3) is 0.100. The number of nitrogens with zero attached hydrogens (tertiary/aromatic N) is 4. The number of aromatic nitrogens is 4. The number of aryl methyl sites for hydroxylation is 4. The summed E-state index contributed by atoms with van der Waals surface area (Å²) in [6.07, 6.45) is 3.31. The van der Waals surface area contributed by atoms with E-state index in [-0.39, 0.29) is 9.79 Å². The number of sulfonamides is 1. The molecule has 3 N–H and O–H groups in total. The van der Waals surface area contributed by atoms with Gasteiger partial charge in [0.1, 0.15) is 0 Å². The van der Waals surface area contributed by atoms with E-state index < -0.39 is 19.1 Å². The second-order valence-electron chi connectivity index (χ2n) is 12.5. The van der Waals surface area contributed by atoms with E-state index in [1.165, 1.54) is 0 Å². The van der Waals surface area contributed by atoms with Crippen LogP contribution in [0.2, 0.25) is 0 Å². The van der Waals surface area contributed by atoms with Gasteiger partial charge in [0.25, 0.3) is 19.1 Å². The summed E-state index contributed by atoms with van der Waals surface area (Å²) < 4.78 is 61.6. The summed E-state index contributed by atoms with van der Waals surface area (Å²) in [6, 6.07) is 31.8. The van der Waals surface area contributed by atoms with Crippen LogP contribution in [-0.4, -0.2) is 36.8 Å². The summed E-state index contributed by atoms with van der Waals surface area (Å²) >= 11 is 0. The molecule has 0 amide bonds. The molecule has 12 nitrogen and oxygen atoms in total. The first-order valence-corrected chi connectivity index (χ1v) is 20.5. The van der Waals surface area contributed by atoms with E-state index in [1.54, 1.807) is 73.1 Å². The maximum atomic E-state index is 12.9. The molecule has 0 aliphatic rings. The van der Waals surface area contributed by atoms with E-state index in [0.29, 0.717) is 51.2 Å². The van der Waals surface area contributed by atoms with Crippen LogP contribution < -0.4 is 10.5 Å². The topological polar surface area (TPSA) is 184 Å². The Hall–Kier alpha value is -6.09. The lowest BCUT2D eigenvalue weighted by molar-refractivity contribution is 0.600. The summed E-state index contributed by atoms with van der Waals surface area (Å²) in [5.74, 6) is 0.814. The van der Waals surface area contributed by atoms with Crippen LogP contribution in [0.5, 0.6) is 0 Å². The third-order valence-corrected chi connectivity index (χ3v) is 10.6. The highest BCUT2D eigenvalue weighted by Crippen LogP contribution is 2.31. The molecule has 280 valence electrons. The van der Waals surface area contributed by atoms with Crippen LogP contribution in [0.25, 0.3) is 45.4 Å². The fourth-order valence-electron chi connectivity index (χ4n) is 5.58. The zero-order valence-corrected chi connectivity index (χ0v) is 32.4. The van der Waals surface area contributed by atoms with Crippen molar-refractivity contribution < 1.29 is 25.7 Å². The molecule has 4 aromatic carbocycles. The van der Waals surface area contributed by atoms with Crippen molar-refractivity contribution in [2.24, 2.45) is 0 Å². The SMILES string of the molecule is Cc1cc(C)cc(S(=O)(=O)Cl)c1.Cc1cc(C)cc(S(=O)(=O)Nc2ccccc2-c2nc3ncccc3o2)c1.Nc1ccccc1-c1nc2ncccc2o1. The number of pyridine rings is 2. The van der Waals surface area contributed by atoms with E-state index >= 15 is 0 Å². The molecule has 0 bridgehead atoms. The number of anilines is 2. The zero-order chi connectivity index (χ0) is 39.3. The maximum Gasteiger partial charge on any atom is 0.261 e. The number of nitrogen functional groups attached to an aromatic ring is 1. The number of benzene rings is 4. The van der Waals surface area contributed by atoms with Gasteiger partial charge in [0, 0.05) is 28.8 Å². The Kier molecular flexibility index (Phi) is 11.3. The first kappa shape index (κ1) is 38.6. The smallest absolute Gasteiger partial charge is 0.261 e. The Balaban J connectivity index is 0.000000155. The van der Waals surface area contributed by atoms with Crippen molar-refractivity contribution in [1.29, 1.82) is 0 Å². The van der Waals surface area contributed by atoms with Crippen molar-refractivity contribution in [3.05, 3.63) is 144 Å². The van der Waals surface area contributed by atoms with Crippen molar-refractivity contribution in [2.45, 2.75) is 37.5 Å². The predicted octanol–water partition coefficient (Wildman–Crippen LogP) is 9.01. The van der Waals surface area contributed by atoms with E-state index in [0.717, 1.165) is 27.8 Å². The first-order valence-electron chi connectivity index (χ1n) is 16.7. The monoisotopic (exact) mass is 794 g/mol. The van der Waals surface area contributed by atoms with Crippen LogP contribution in [0.4, 0.5) is 11.4 Å². The van der Waals surface area contributed by atoms with Gasteiger partial charge in [-0.1, -0.05) is 36.4 Å². The molecule has 0 fully saturated rings. The summed E-state index contributed by atoms with van der Waals surface area (Å²) in [6.45, 7) is 7.40. The molecule has 55 heavy (non-hydrogen) atoms. The van der Waals surface area contributed by atoms with Gasteiger partial charge in [-0.25, -0.2) is 26.8 Å². The Morgan fingerprint density at radius 2 is 1.04 bits per heavy atom. The van der Waals surface area contributed by atoms with E-state index in [1.807, 2.05) is 76.2 Å². The summed E-state index contributed by atoms with van der Waals surface area (Å²) in [4.78, 5) is 17.3. The number of nitrogens with two attached hydrogens (primary N) is 1. The van der Waals surface area contributed by atoms with Gasteiger partial charge in [0.05, 0.1) is 26.6 Å². The van der Waals surface area contributed by atoms with Crippen LogP contribution in [-0.2, 0) is 19.1 Å². The van der Waals surface area contributed by atoms with Gasteiger partial charge in [-0.2, -0.15) is 9.97 Å². The molecule has 0 aliphatic carbocycles. The van der Waals surface area contributed by atoms with Gasteiger partial charge < -0.3 is 14.6 Å². The fourth-order valence-corrected chi connectivity index (χ4v) is 7.77. The van der Waals surface area contributed by atoms with Crippen LogP contribution in [0.1, 0.15) is 22.3 Å². The molecule has 8 aromatic rings. The number of nitrogens with one attached hydrogen (secondary N) is 1. The average molecular weight is 795 g/mol. The number of hydrogen-bond acceptors (Lipinski definition) is 11. The lowest BCUT2D eigenvalue weighted by Gasteiger charge is -2.12. The van der Waals surface area contributed by atoms with Gasteiger partial charge in [-0.15, -0.1) is 0 Å². The highest BCUT2D eigenvalue weighted by atomic mass is 35.7. The highest BCUT2D eigenvalue weighted by molar-refractivity contribution is 8.13. The van der Waals surface area contributed by atoms with Crippen molar-refractivity contribution in [3.63, 3.8) is 0 Å². The minimum atomic E-state index is -3.75. The normalized spacial score (nSPS) is 11.4. The Morgan fingerprint density at radius 1 is 0.582 bits per heavy atom. The Labute approximate surface area is 322 Å². The average Bonchev–Trinajstić information content (AvgIpc) is 3.76. The van der Waals surface area contributed by atoms with Gasteiger partial charge in [-0.3, -0.25) is 4.72 Å². The number of rotatable bonds is 6. The molecule has 0 atom stereocenters. The van der Waals surface area contributed by atoms with Crippen molar-refractivity contribution >= 4 is 63.6 Å². The number of hydrogen-bond donors (Lipinski definition) is 2. The standard InChI is InChI=1S/C20H17N3O3S.C12H9N3O.C8H9ClO2S/c1-13-10-14(2)12-15(11-13)27(24,25)23-17-7-4-3-6-16(17)20-22-19-18(26-20)8-5-9-21-19;13-9-5-2-1-4-8(9)12-15-11-10(16-12)6-3-7-14-11;1-6-3-7(2)5-8(4-6)12(9,10)11/h3-12,23H,1-2H3;1-7H,13H2;3-5H,1-2H3. The number of fused-ring (bicyclic) bond motifs is 2. The lowest BCUT2D eigenvalue weighted by Crippen LogP contribution is -2.14. The van der Waals surface area contributed by atoms with Crippen LogP contribution in [0, 0.1) is 27.7 Å². The van der Waals surface area contributed by atoms with E-state index in [2.05, 4.69) is 24.7 Å². The second-order valence-corrected chi connectivity index (χ2v) is 16.8. The lowest BCUT2D eigenvalue weighted by atomic mass is 10.2. The Bertz CT molecular complexity index is 2770. The van der Waals surface area contributed by atoms with Crippen LogP contribution in [0.3, 0.4) is 0 Å². The Morgan fingerprint density at radius 3 is 1.53 bits per heavy atom. The minimum Gasteiger partial charge on any atom is -0.434 e. The van der Waals surface area contributed by atoms with Gasteiger partial charge in [0.2, 0.25) is 11.8 Å². The van der Waals surface area contributed by atoms with E-state index in [9.17, 15) is 16.8 Å². The van der Waals surface area contributed by atoms with Crippen LogP contribution in [0.15, 0.2) is 140 Å². The number of para-hydroxylation sites is 2. The van der Waals surface area contributed by atoms with Gasteiger partial charge in [-0.05, 0) is 123 Å². The minimum absolute atomic E-state index is 0.168. The number of halogens is 1. The molecule has 0 unspecified atom stereocenters. The molecule has 4 heterocycles. The molecule has 0 saturated carbocycles. The van der Waals surface area contributed by atoms with Crippen LogP contribution >= 0.6 is 10.7 Å². The molecule has 0 radical (unpaired) electrons. The van der Waals surface area contributed by atoms with Gasteiger partial charge in [0.15, 0.2) is 22.5 Å². The molecule has 0 saturated heterocycles. The molecule has 4 aromatic heterocycles. The molecule has 8 rings (SSSR count). The summed E-state index contributed by atoms with van der Waals surface area (Å²) in [5.41, 5.74) is 14.1. The van der Waals surface area contributed by atoms with Gasteiger partial charge >= 0.3 is 0 Å². The maximum absolute atomic E-state index is 12.9. The molecule has 0 spiro atoms. The summed E-state index contributed by atoms with van der Waals surface area (Å²) in [7, 11) is -2.15. The quantitative estimate of drug-likeness (QED) is 0.121. The largest absolute Gasteiger partial charge is 0.434 e. The van der Waals surface area contributed by atoms with Crippen molar-refractivity contribution in [3.8, 4) is 22.9 Å².